The molecule has 0 heterocycles. The maximum Gasteiger partial charge on any atom is 0.339 e. The predicted octanol–water partition coefficient (Wildman–Crippen LogP) is 2.23. The molecule has 1 aromatic carbocycles. The number of carboxylic acid groups (broad SMARTS) is 1. The number of fused-ring (bicyclic) bond motifs is 2. The van der Waals surface area contributed by atoms with E-state index in [1.54, 1.807) is 0 Å². The number of sulfonamides is 1. The van der Waals surface area contributed by atoms with Crippen LogP contribution in [-0.2, 0) is 14.8 Å². The molecule has 0 amide bonds. The molecule has 0 saturated heterocycles. The fraction of sp³-hybridized carbons (Fsp3) is 0.529. The third-order valence-electron chi connectivity index (χ3n) is 6.08. The summed E-state index contributed by atoms with van der Waals surface area (Å²) in [5, 5.41) is 18.6. The fourth-order valence-corrected chi connectivity index (χ4v) is 6.31. The summed E-state index contributed by atoms with van der Waals surface area (Å²) in [6, 6.07) is 3.46. The van der Waals surface area contributed by atoms with Crippen LogP contribution in [0, 0.1) is 16.7 Å². The van der Waals surface area contributed by atoms with Gasteiger partial charge in [-0.25, -0.2) is 13.2 Å². The van der Waals surface area contributed by atoms with Gasteiger partial charge in [0.15, 0.2) is 0 Å². The van der Waals surface area contributed by atoms with Gasteiger partial charge in [0.25, 0.3) is 0 Å². The SMILES string of the molecule is CC1(C)C2CCC1(CS(=O)(=O)Nc1ccc(C(=O)O)c(O)c1)C(=O)C2. The average Bonchev–Trinajstić information content (AvgIpc) is 2.80. The monoisotopic (exact) mass is 367 g/mol. The maximum atomic E-state index is 12.6. The molecule has 1 aromatic rings. The van der Waals surface area contributed by atoms with Crippen LogP contribution in [0.5, 0.6) is 5.75 Å². The van der Waals surface area contributed by atoms with Crippen molar-refractivity contribution in [2.45, 2.75) is 33.1 Å². The summed E-state index contributed by atoms with van der Waals surface area (Å²) in [5.41, 5.74) is -1.50. The number of hydrogen-bond acceptors (Lipinski definition) is 5. The zero-order valence-corrected chi connectivity index (χ0v) is 14.9. The quantitative estimate of drug-likeness (QED) is 0.734. The normalized spacial score (nSPS) is 27.4. The van der Waals surface area contributed by atoms with Crippen LogP contribution in [0.25, 0.3) is 0 Å². The van der Waals surface area contributed by atoms with Crippen LogP contribution in [0.2, 0.25) is 0 Å². The Morgan fingerprint density at radius 3 is 2.52 bits per heavy atom. The number of benzene rings is 1. The molecular formula is C17H21NO6S. The van der Waals surface area contributed by atoms with Gasteiger partial charge in [-0.1, -0.05) is 13.8 Å². The Morgan fingerprint density at radius 1 is 1.36 bits per heavy atom. The Kier molecular flexibility index (Phi) is 3.87. The van der Waals surface area contributed by atoms with Crippen LogP contribution in [0.3, 0.4) is 0 Å². The van der Waals surface area contributed by atoms with E-state index in [2.05, 4.69) is 4.72 Å². The van der Waals surface area contributed by atoms with Crippen molar-refractivity contribution in [2.24, 2.45) is 16.7 Å². The third kappa shape index (κ3) is 2.68. The van der Waals surface area contributed by atoms with Gasteiger partial charge in [-0.15, -0.1) is 0 Å². The summed E-state index contributed by atoms with van der Waals surface area (Å²) in [7, 11) is -3.85. The number of ketones is 1. The van der Waals surface area contributed by atoms with E-state index in [1.807, 2.05) is 13.8 Å². The van der Waals surface area contributed by atoms with Crippen molar-refractivity contribution in [3.05, 3.63) is 23.8 Å². The molecular weight excluding hydrogens is 346 g/mol. The summed E-state index contributed by atoms with van der Waals surface area (Å²) in [6.45, 7) is 3.91. The van der Waals surface area contributed by atoms with Gasteiger partial charge >= 0.3 is 5.97 Å². The van der Waals surface area contributed by atoms with Crippen LogP contribution in [0.1, 0.15) is 43.5 Å². The molecule has 8 heteroatoms. The highest BCUT2D eigenvalue weighted by Gasteiger charge is 2.65. The van der Waals surface area contributed by atoms with E-state index in [0.717, 1.165) is 18.6 Å². The zero-order valence-electron chi connectivity index (χ0n) is 14.1. The van der Waals surface area contributed by atoms with E-state index in [9.17, 15) is 23.1 Å². The number of carbonyl (C=O) groups is 2. The van der Waals surface area contributed by atoms with E-state index in [4.69, 9.17) is 5.11 Å². The van der Waals surface area contributed by atoms with Gasteiger partial charge < -0.3 is 10.2 Å². The van der Waals surface area contributed by atoms with Crippen molar-refractivity contribution in [3.63, 3.8) is 0 Å². The second-order valence-corrected chi connectivity index (χ2v) is 9.29. The van der Waals surface area contributed by atoms with Gasteiger partial charge in [0.1, 0.15) is 17.1 Å². The Hall–Kier alpha value is -2.09. The molecule has 0 spiro atoms. The van der Waals surface area contributed by atoms with Gasteiger partial charge in [-0.05, 0) is 36.3 Å². The Labute approximate surface area is 146 Å². The van der Waals surface area contributed by atoms with E-state index < -0.39 is 27.2 Å². The minimum absolute atomic E-state index is 0.00296. The number of phenols is 1. The number of hydrogen-bond donors (Lipinski definition) is 3. The zero-order chi connectivity index (χ0) is 18.6. The molecule has 2 saturated carbocycles. The van der Waals surface area contributed by atoms with E-state index in [1.165, 1.54) is 6.07 Å². The molecule has 2 aliphatic carbocycles. The summed E-state index contributed by atoms with van der Waals surface area (Å²) in [5.74, 6) is -1.91. The summed E-state index contributed by atoms with van der Waals surface area (Å²) >= 11 is 0. The third-order valence-corrected chi connectivity index (χ3v) is 7.50. The van der Waals surface area contributed by atoms with Crippen molar-refractivity contribution in [2.75, 3.05) is 10.5 Å². The maximum absolute atomic E-state index is 12.6. The number of Topliss-reactive ketones (excluding diaryl/α,β-unsaturated/α-hetero) is 1. The number of rotatable bonds is 5. The first-order valence-electron chi connectivity index (χ1n) is 8.09. The molecule has 2 fully saturated rings. The lowest BCUT2D eigenvalue weighted by Gasteiger charge is -2.36. The summed E-state index contributed by atoms with van der Waals surface area (Å²) in [6.07, 6.45) is 1.84. The van der Waals surface area contributed by atoms with Crippen LogP contribution in [0.15, 0.2) is 18.2 Å². The number of carbonyl (C=O) groups excluding carboxylic acids is 1. The molecule has 25 heavy (non-hydrogen) atoms. The molecule has 2 atom stereocenters. The van der Waals surface area contributed by atoms with Crippen molar-refractivity contribution in [1.82, 2.24) is 0 Å². The van der Waals surface area contributed by atoms with Crippen molar-refractivity contribution in [1.29, 1.82) is 0 Å². The average molecular weight is 367 g/mol. The van der Waals surface area contributed by atoms with E-state index in [0.29, 0.717) is 12.8 Å². The van der Waals surface area contributed by atoms with E-state index >= 15 is 0 Å². The second-order valence-electron chi connectivity index (χ2n) is 7.56. The Morgan fingerprint density at radius 2 is 2.04 bits per heavy atom. The van der Waals surface area contributed by atoms with Crippen molar-refractivity contribution >= 4 is 27.5 Å². The van der Waals surface area contributed by atoms with Crippen LogP contribution < -0.4 is 4.72 Å². The minimum Gasteiger partial charge on any atom is -0.507 e. The highest BCUT2D eigenvalue weighted by Crippen LogP contribution is 2.64. The molecule has 136 valence electrons. The summed E-state index contributed by atoms with van der Waals surface area (Å²) < 4.78 is 27.6. The van der Waals surface area contributed by atoms with Crippen LogP contribution >= 0.6 is 0 Å². The Bertz CT molecular complexity index is 860. The lowest BCUT2D eigenvalue weighted by atomic mass is 9.70. The molecule has 3 rings (SSSR count). The molecule has 0 radical (unpaired) electrons. The number of aromatic carboxylic acids is 1. The number of anilines is 1. The molecule has 3 N–H and O–H groups in total. The van der Waals surface area contributed by atoms with Crippen molar-refractivity contribution in [3.8, 4) is 5.75 Å². The standard InChI is InChI=1S/C17H21NO6S/c1-16(2)10-5-6-17(16,14(20)7-10)9-25(23,24)18-11-3-4-12(15(21)22)13(19)8-11/h3-4,8,10,18-19H,5-7,9H2,1-2H3,(H,21,22). The number of carboxylic acids is 1. The number of aromatic hydroxyl groups is 1. The molecule has 0 aliphatic heterocycles. The first-order chi connectivity index (χ1) is 11.5. The van der Waals surface area contributed by atoms with Gasteiger partial charge in [-0.2, -0.15) is 0 Å². The lowest BCUT2D eigenvalue weighted by molar-refractivity contribution is -0.128. The van der Waals surface area contributed by atoms with Gasteiger partial charge in [0, 0.05) is 12.5 Å². The van der Waals surface area contributed by atoms with Crippen molar-refractivity contribution < 1.29 is 28.2 Å². The fourth-order valence-electron chi connectivity index (χ4n) is 4.42. The van der Waals surface area contributed by atoms with Crippen LogP contribution in [-0.4, -0.2) is 36.1 Å². The summed E-state index contributed by atoms with van der Waals surface area (Å²) in [4.78, 5) is 23.4. The highest BCUT2D eigenvalue weighted by atomic mass is 32.2. The van der Waals surface area contributed by atoms with E-state index in [-0.39, 0.29) is 34.1 Å². The number of nitrogens with one attached hydrogen (secondary N) is 1. The lowest BCUT2D eigenvalue weighted by Crippen LogP contribution is -2.43. The predicted molar refractivity (Wildman–Crippen MR) is 91.0 cm³/mol. The second kappa shape index (κ2) is 5.45. The van der Waals surface area contributed by atoms with Crippen LogP contribution in [0.4, 0.5) is 5.69 Å². The molecule has 0 aromatic heterocycles. The smallest absolute Gasteiger partial charge is 0.339 e. The highest BCUT2D eigenvalue weighted by molar-refractivity contribution is 7.92. The molecule has 2 unspecified atom stereocenters. The molecule has 7 nitrogen and oxygen atoms in total. The molecule has 2 bridgehead atoms. The minimum atomic E-state index is -3.85. The first-order valence-corrected chi connectivity index (χ1v) is 9.74. The first kappa shape index (κ1) is 17.7. The van der Waals surface area contributed by atoms with Gasteiger partial charge in [0.2, 0.25) is 10.0 Å². The molecule has 2 aliphatic rings. The Balaban J connectivity index is 1.85. The topological polar surface area (TPSA) is 121 Å². The van der Waals surface area contributed by atoms with Gasteiger partial charge in [-0.3, -0.25) is 9.52 Å². The van der Waals surface area contributed by atoms with Gasteiger partial charge in [0.05, 0.1) is 16.9 Å². The largest absolute Gasteiger partial charge is 0.507 e.